The average molecular weight is 274 g/mol. The lowest BCUT2D eigenvalue weighted by Crippen LogP contribution is -2.29. The standard InChI is InChI=1S/C16H22N2O2/c1-2-4-12(8-10-19)11-18-16(20)14-5-3-6-15-13(14)7-9-17-15/h3,5-7,9,12,17,19H,2,4,8,10-11H2,1H3,(H,18,20). The number of rotatable bonds is 7. The fourth-order valence-electron chi connectivity index (χ4n) is 2.55. The molecular weight excluding hydrogens is 252 g/mol. The van der Waals surface area contributed by atoms with Crippen molar-refractivity contribution in [3.63, 3.8) is 0 Å². The highest BCUT2D eigenvalue weighted by Crippen LogP contribution is 2.17. The lowest BCUT2D eigenvalue weighted by atomic mass is 10.00. The third-order valence-corrected chi connectivity index (χ3v) is 3.63. The number of hydrogen-bond acceptors (Lipinski definition) is 2. The molecular formula is C16H22N2O2. The Morgan fingerprint density at radius 3 is 2.95 bits per heavy atom. The van der Waals surface area contributed by atoms with Crippen LogP contribution in [-0.4, -0.2) is 29.1 Å². The van der Waals surface area contributed by atoms with E-state index >= 15 is 0 Å². The molecule has 0 aliphatic rings. The summed E-state index contributed by atoms with van der Waals surface area (Å²) in [6.07, 6.45) is 4.67. The molecule has 0 radical (unpaired) electrons. The van der Waals surface area contributed by atoms with E-state index in [1.807, 2.05) is 30.5 Å². The number of carbonyl (C=O) groups is 1. The molecule has 1 aromatic carbocycles. The van der Waals surface area contributed by atoms with E-state index in [0.717, 1.165) is 30.2 Å². The highest BCUT2D eigenvalue weighted by Gasteiger charge is 2.13. The van der Waals surface area contributed by atoms with Gasteiger partial charge >= 0.3 is 0 Å². The van der Waals surface area contributed by atoms with E-state index in [1.54, 1.807) is 0 Å². The summed E-state index contributed by atoms with van der Waals surface area (Å²) in [6.45, 7) is 2.91. The van der Waals surface area contributed by atoms with Crippen molar-refractivity contribution in [3.8, 4) is 0 Å². The van der Waals surface area contributed by atoms with E-state index < -0.39 is 0 Å². The molecule has 1 aromatic heterocycles. The quantitative estimate of drug-likeness (QED) is 0.727. The predicted octanol–water partition coefficient (Wildman–Crippen LogP) is 2.70. The molecule has 0 saturated carbocycles. The van der Waals surface area contributed by atoms with E-state index in [9.17, 15) is 4.79 Å². The van der Waals surface area contributed by atoms with Gasteiger partial charge in [0.15, 0.2) is 0 Å². The summed E-state index contributed by atoms with van der Waals surface area (Å²) in [5, 5.41) is 13.0. The van der Waals surface area contributed by atoms with Gasteiger partial charge < -0.3 is 15.4 Å². The first kappa shape index (κ1) is 14.6. The number of aromatic amines is 1. The third kappa shape index (κ3) is 3.39. The second kappa shape index (κ2) is 7.10. The maximum Gasteiger partial charge on any atom is 0.251 e. The SMILES string of the molecule is CCCC(CCO)CNC(=O)c1cccc2[nH]ccc12. The molecule has 0 aliphatic carbocycles. The number of aliphatic hydroxyl groups excluding tert-OH is 1. The number of nitrogens with one attached hydrogen (secondary N) is 2. The Balaban J connectivity index is 2.02. The summed E-state index contributed by atoms with van der Waals surface area (Å²) in [6, 6.07) is 7.59. The van der Waals surface area contributed by atoms with Crippen LogP contribution in [0.4, 0.5) is 0 Å². The number of aromatic nitrogens is 1. The van der Waals surface area contributed by atoms with E-state index in [1.165, 1.54) is 0 Å². The average Bonchev–Trinajstić information content (AvgIpc) is 2.93. The summed E-state index contributed by atoms with van der Waals surface area (Å²) < 4.78 is 0. The highest BCUT2D eigenvalue weighted by molar-refractivity contribution is 6.06. The number of hydrogen-bond donors (Lipinski definition) is 3. The molecule has 0 saturated heterocycles. The first-order valence-electron chi connectivity index (χ1n) is 7.21. The molecule has 0 fully saturated rings. The molecule has 0 aliphatic heterocycles. The molecule has 20 heavy (non-hydrogen) atoms. The molecule has 3 N–H and O–H groups in total. The number of carbonyl (C=O) groups excluding carboxylic acids is 1. The monoisotopic (exact) mass is 274 g/mol. The molecule has 1 amide bonds. The van der Waals surface area contributed by atoms with Crippen LogP contribution in [0.25, 0.3) is 10.9 Å². The predicted molar refractivity (Wildman–Crippen MR) is 80.7 cm³/mol. The van der Waals surface area contributed by atoms with Crippen LogP contribution in [0.5, 0.6) is 0 Å². The van der Waals surface area contributed by atoms with E-state index in [-0.39, 0.29) is 12.5 Å². The lowest BCUT2D eigenvalue weighted by molar-refractivity contribution is 0.0944. The zero-order chi connectivity index (χ0) is 14.4. The molecule has 0 bridgehead atoms. The normalized spacial score (nSPS) is 12.5. The van der Waals surface area contributed by atoms with Crippen molar-refractivity contribution in [1.29, 1.82) is 0 Å². The maximum absolute atomic E-state index is 12.3. The number of H-pyrrole nitrogens is 1. The van der Waals surface area contributed by atoms with Gasteiger partial charge in [-0.25, -0.2) is 0 Å². The molecule has 4 heteroatoms. The second-order valence-electron chi connectivity index (χ2n) is 5.12. The Morgan fingerprint density at radius 2 is 2.20 bits per heavy atom. The number of aliphatic hydroxyl groups is 1. The summed E-state index contributed by atoms with van der Waals surface area (Å²) in [5.74, 6) is 0.300. The fraction of sp³-hybridized carbons (Fsp3) is 0.438. The molecule has 2 aromatic rings. The topological polar surface area (TPSA) is 65.1 Å². The van der Waals surface area contributed by atoms with Crippen molar-refractivity contribution in [2.24, 2.45) is 5.92 Å². The molecule has 2 rings (SSSR count). The Labute approximate surface area is 119 Å². The molecule has 1 atom stereocenters. The van der Waals surface area contributed by atoms with Gasteiger partial charge in [0.1, 0.15) is 0 Å². The molecule has 1 unspecified atom stereocenters. The Morgan fingerprint density at radius 1 is 1.35 bits per heavy atom. The zero-order valence-electron chi connectivity index (χ0n) is 11.9. The van der Waals surface area contributed by atoms with Crippen molar-refractivity contribution < 1.29 is 9.90 Å². The van der Waals surface area contributed by atoms with Gasteiger partial charge in [-0.05, 0) is 37.0 Å². The summed E-state index contributed by atoms with van der Waals surface area (Å²) in [5.41, 5.74) is 1.67. The van der Waals surface area contributed by atoms with Gasteiger partial charge in [-0.15, -0.1) is 0 Å². The van der Waals surface area contributed by atoms with Crippen molar-refractivity contribution in [1.82, 2.24) is 10.3 Å². The van der Waals surface area contributed by atoms with E-state index in [4.69, 9.17) is 5.11 Å². The van der Waals surface area contributed by atoms with Crippen LogP contribution < -0.4 is 5.32 Å². The summed E-state index contributed by atoms with van der Waals surface area (Å²) >= 11 is 0. The zero-order valence-corrected chi connectivity index (χ0v) is 11.9. The van der Waals surface area contributed by atoms with Gasteiger partial charge in [0, 0.05) is 35.8 Å². The third-order valence-electron chi connectivity index (χ3n) is 3.63. The second-order valence-corrected chi connectivity index (χ2v) is 5.12. The van der Waals surface area contributed by atoms with Crippen molar-refractivity contribution >= 4 is 16.8 Å². The Hall–Kier alpha value is -1.81. The van der Waals surface area contributed by atoms with Crippen LogP contribution in [0.1, 0.15) is 36.5 Å². The van der Waals surface area contributed by atoms with Gasteiger partial charge in [-0.3, -0.25) is 4.79 Å². The first-order valence-corrected chi connectivity index (χ1v) is 7.21. The largest absolute Gasteiger partial charge is 0.396 e. The first-order chi connectivity index (χ1) is 9.76. The van der Waals surface area contributed by atoms with Crippen LogP contribution in [0.3, 0.4) is 0 Å². The van der Waals surface area contributed by atoms with Gasteiger partial charge in [-0.1, -0.05) is 19.4 Å². The van der Waals surface area contributed by atoms with Crippen LogP contribution in [0.2, 0.25) is 0 Å². The smallest absolute Gasteiger partial charge is 0.251 e. The van der Waals surface area contributed by atoms with Crippen molar-refractivity contribution in [2.45, 2.75) is 26.2 Å². The van der Waals surface area contributed by atoms with Gasteiger partial charge in [0.25, 0.3) is 5.91 Å². The summed E-state index contributed by atoms with van der Waals surface area (Å²) in [4.78, 5) is 15.4. The minimum absolute atomic E-state index is 0.0470. The van der Waals surface area contributed by atoms with Gasteiger partial charge in [-0.2, -0.15) is 0 Å². The number of benzene rings is 1. The van der Waals surface area contributed by atoms with E-state index in [0.29, 0.717) is 18.0 Å². The van der Waals surface area contributed by atoms with Crippen LogP contribution in [-0.2, 0) is 0 Å². The lowest BCUT2D eigenvalue weighted by Gasteiger charge is -2.15. The fourth-order valence-corrected chi connectivity index (χ4v) is 2.55. The number of fused-ring (bicyclic) bond motifs is 1. The van der Waals surface area contributed by atoms with Gasteiger partial charge in [0.2, 0.25) is 0 Å². The summed E-state index contributed by atoms with van der Waals surface area (Å²) in [7, 11) is 0. The van der Waals surface area contributed by atoms with Crippen LogP contribution in [0.15, 0.2) is 30.5 Å². The number of amides is 1. The Kier molecular flexibility index (Phi) is 5.18. The molecule has 0 spiro atoms. The van der Waals surface area contributed by atoms with Gasteiger partial charge in [0.05, 0.1) is 0 Å². The Bertz CT molecular complexity index is 556. The van der Waals surface area contributed by atoms with Crippen molar-refractivity contribution in [3.05, 3.63) is 36.0 Å². The van der Waals surface area contributed by atoms with Crippen molar-refractivity contribution in [2.75, 3.05) is 13.2 Å². The molecule has 1 heterocycles. The molecule has 4 nitrogen and oxygen atoms in total. The maximum atomic E-state index is 12.3. The van der Waals surface area contributed by atoms with Crippen LogP contribution >= 0.6 is 0 Å². The van der Waals surface area contributed by atoms with E-state index in [2.05, 4.69) is 17.2 Å². The van der Waals surface area contributed by atoms with Crippen LogP contribution in [0, 0.1) is 5.92 Å². The minimum atomic E-state index is -0.0470. The minimum Gasteiger partial charge on any atom is -0.396 e. The molecule has 108 valence electrons. The highest BCUT2D eigenvalue weighted by atomic mass is 16.3.